The number of benzene rings is 3. The Hall–Kier alpha value is -2.48. The summed E-state index contributed by atoms with van der Waals surface area (Å²) in [5, 5.41) is 0. The fourth-order valence-corrected chi connectivity index (χ4v) is 4.03. The average Bonchev–Trinajstić information content (AvgIpc) is 3.23. The summed E-state index contributed by atoms with van der Waals surface area (Å²) in [5.74, 6) is 1.70. The molecule has 0 atom stereocenters. The van der Waals surface area contributed by atoms with Crippen molar-refractivity contribution < 1.29 is 20.1 Å². The maximum absolute atomic E-state index is 4.70. The first-order valence-electron chi connectivity index (χ1n) is 10.3. The summed E-state index contributed by atoms with van der Waals surface area (Å²) in [7, 11) is 0. The van der Waals surface area contributed by atoms with Crippen molar-refractivity contribution in [2.75, 3.05) is 0 Å². The van der Waals surface area contributed by atoms with Crippen LogP contribution in [0.25, 0.3) is 28.2 Å². The molecular formula is C27H27IrN2-. The van der Waals surface area contributed by atoms with Gasteiger partial charge < -0.3 is 4.57 Å². The first-order chi connectivity index (χ1) is 14.1. The van der Waals surface area contributed by atoms with Crippen molar-refractivity contribution in [3.63, 3.8) is 0 Å². The largest absolute Gasteiger partial charge is 0.339 e. The van der Waals surface area contributed by atoms with Crippen LogP contribution in [0, 0.1) is 6.07 Å². The van der Waals surface area contributed by atoms with Crippen LogP contribution in [0.4, 0.5) is 0 Å². The van der Waals surface area contributed by atoms with Gasteiger partial charge in [0.05, 0.1) is 5.82 Å². The van der Waals surface area contributed by atoms with Crippen molar-refractivity contribution in [3.05, 3.63) is 96.3 Å². The van der Waals surface area contributed by atoms with Gasteiger partial charge in [-0.3, -0.25) is 4.98 Å². The van der Waals surface area contributed by atoms with Gasteiger partial charge in [0.1, 0.15) is 0 Å². The third-order valence-corrected chi connectivity index (χ3v) is 5.36. The number of nitrogens with zero attached hydrogens (tertiary/aromatic N) is 2. The van der Waals surface area contributed by atoms with Crippen LogP contribution in [0.2, 0.25) is 0 Å². The minimum absolute atomic E-state index is 0. The Morgan fingerprint density at radius 1 is 0.833 bits per heavy atom. The molecule has 155 valence electrons. The SMILES string of the molecule is CC(C)c1ccc(-c2ccccc2)c(C(C)C)c1-n1ccnc1-c1[c-]cccc1.[Ir]. The van der Waals surface area contributed by atoms with E-state index in [0.29, 0.717) is 11.8 Å². The normalized spacial score (nSPS) is 11.0. The first kappa shape index (κ1) is 22.2. The van der Waals surface area contributed by atoms with Gasteiger partial charge in [0.2, 0.25) is 0 Å². The van der Waals surface area contributed by atoms with Crippen LogP contribution in [0.5, 0.6) is 0 Å². The van der Waals surface area contributed by atoms with Crippen LogP contribution in [0.15, 0.2) is 79.1 Å². The van der Waals surface area contributed by atoms with Gasteiger partial charge >= 0.3 is 0 Å². The van der Waals surface area contributed by atoms with E-state index in [-0.39, 0.29) is 20.1 Å². The molecule has 0 N–H and O–H groups in total. The van der Waals surface area contributed by atoms with E-state index in [2.05, 4.69) is 93.1 Å². The molecule has 4 rings (SSSR count). The van der Waals surface area contributed by atoms with Crippen LogP contribution in [0.3, 0.4) is 0 Å². The van der Waals surface area contributed by atoms with Crippen LogP contribution in [0.1, 0.15) is 50.7 Å². The average molecular weight is 572 g/mol. The van der Waals surface area contributed by atoms with Gasteiger partial charge in [-0.15, -0.1) is 35.9 Å². The fraction of sp³-hybridized carbons (Fsp3) is 0.222. The summed E-state index contributed by atoms with van der Waals surface area (Å²) in [6.07, 6.45) is 3.97. The van der Waals surface area contributed by atoms with Crippen LogP contribution >= 0.6 is 0 Å². The summed E-state index contributed by atoms with van der Waals surface area (Å²) in [6.45, 7) is 9.08. The Kier molecular flexibility index (Phi) is 7.07. The van der Waals surface area contributed by atoms with Gasteiger partial charge in [-0.2, -0.15) is 0 Å². The van der Waals surface area contributed by atoms with Crippen molar-refractivity contribution in [2.45, 2.75) is 39.5 Å². The molecule has 0 unspecified atom stereocenters. The number of aromatic nitrogens is 2. The molecule has 0 bridgehead atoms. The van der Waals surface area contributed by atoms with E-state index in [9.17, 15) is 0 Å². The van der Waals surface area contributed by atoms with Crippen molar-refractivity contribution in [3.8, 4) is 28.2 Å². The molecule has 0 aliphatic rings. The standard InChI is InChI=1S/C27H27N2.Ir/c1-19(2)23-15-16-24(21-11-7-5-8-12-21)25(20(3)4)26(23)29-18-17-28-27(29)22-13-9-6-10-14-22;/h5-13,15-20H,1-4H3;/q-1;. The maximum atomic E-state index is 4.70. The predicted molar refractivity (Wildman–Crippen MR) is 121 cm³/mol. The van der Waals surface area contributed by atoms with Crippen molar-refractivity contribution in [2.24, 2.45) is 0 Å². The second-order valence-corrected chi connectivity index (χ2v) is 8.04. The van der Waals surface area contributed by atoms with E-state index in [1.807, 2.05) is 24.4 Å². The Morgan fingerprint density at radius 3 is 2.20 bits per heavy atom. The second kappa shape index (κ2) is 9.55. The maximum Gasteiger partial charge on any atom is 0.0602 e. The van der Waals surface area contributed by atoms with Crippen molar-refractivity contribution >= 4 is 0 Å². The molecule has 0 fully saturated rings. The quantitative estimate of drug-likeness (QED) is 0.231. The fourth-order valence-electron chi connectivity index (χ4n) is 4.03. The zero-order valence-electron chi connectivity index (χ0n) is 17.9. The Bertz CT molecular complexity index is 1100. The van der Waals surface area contributed by atoms with Crippen molar-refractivity contribution in [1.82, 2.24) is 9.55 Å². The van der Waals surface area contributed by atoms with E-state index in [0.717, 1.165) is 11.4 Å². The molecule has 3 aromatic carbocycles. The molecule has 0 aliphatic carbocycles. The number of hydrogen-bond donors (Lipinski definition) is 0. The summed E-state index contributed by atoms with van der Waals surface area (Å²) in [6, 6.07) is 26.6. The molecule has 30 heavy (non-hydrogen) atoms. The molecule has 0 amide bonds. The molecule has 1 radical (unpaired) electrons. The van der Waals surface area contributed by atoms with Gasteiger partial charge in [-0.05, 0) is 34.1 Å². The topological polar surface area (TPSA) is 17.8 Å². The van der Waals surface area contributed by atoms with E-state index in [4.69, 9.17) is 4.98 Å². The van der Waals surface area contributed by atoms with Gasteiger partial charge in [-0.1, -0.05) is 70.2 Å². The Morgan fingerprint density at radius 2 is 1.57 bits per heavy atom. The molecular weight excluding hydrogens is 545 g/mol. The van der Waals surface area contributed by atoms with Gasteiger partial charge in [0, 0.05) is 38.2 Å². The minimum atomic E-state index is 0. The molecule has 3 heteroatoms. The van der Waals surface area contributed by atoms with E-state index < -0.39 is 0 Å². The Balaban J connectivity index is 0.00000256. The summed E-state index contributed by atoms with van der Waals surface area (Å²) in [4.78, 5) is 4.70. The minimum Gasteiger partial charge on any atom is -0.339 e. The number of imidazole rings is 1. The molecule has 0 spiro atoms. The summed E-state index contributed by atoms with van der Waals surface area (Å²) in [5.41, 5.74) is 7.49. The third-order valence-electron chi connectivity index (χ3n) is 5.36. The third kappa shape index (κ3) is 4.19. The zero-order valence-corrected chi connectivity index (χ0v) is 20.3. The summed E-state index contributed by atoms with van der Waals surface area (Å²) < 4.78 is 2.25. The van der Waals surface area contributed by atoms with Crippen LogP contribution in [-0.2, 0) is 20.1 Å². The first-order valence-corrected chi connectivity index (χ1v) is 10.3. The number of rotatable bonds is 5. The van der Waals surface area contributed by atoms with E-state index in [1.165, 1.54) is 27.9 Å². The molecule has 0 saturated heterocycles. The van der Waals surface area contributed by atoms with E-state index in [1.54, 1.807) is 0 Å². The van der Waals surface area contributed by atoms with Gasteiger partial charge in [0.25, 0.3) is 0 Å². The zero-order chi connectivity index (χ0) is 20.4. The smallest absolute Gasteiger partial charge is 0.0602 e. The molecule has 2 nitrogen and oxygen atoms in total. The monoisotopic (exact) mass is 572 g/mol. The second-order valence-electron chi connectivity index (χ2n) is 8.04. The molecule has 1 heterocycles. The molecule has 0 aliphatic heterocycles. The van der Waals surface area contributed by atoms with Crippen LogP contribution in [-0.4, -0.2) is 9.55 Å². The summed E-state index contributed by atoms with van der Waals surface area (Å²) >= 11 is 0. The van der Waals surface area contributed by atoms with Gasteiger partial charge in [0.15, 0.2) is 0 Å². The van der Waals surface area contributed by atoms with Crippen LogP contribution < -0.4 is 0 Å². The van der Waals surface area contributed by atoms with Gasteiger partial charge in [-0.25, -0.2) is 0 Å². The Labute approximate surface area is 193 Å². The molecule has 4 aromatic rings. The predicted octanol–water partition coefficient (Wildman–Crippen LogP) is 7.25. The molecule has 0 saturated carbocycles. The van der Waals surface area contributed by atoms with E-state index >= 15 is 0 Å². The number of hydrogen-bond acceptors (Lipinski definition) is 1. The van der Waals surface area contributed by atoms with Crippen molar-refractivity contribution in [1.29, 1.82) is 0 Å². The molecule has 1 aromatic heterocycles.